The van der Waals surface area contributed by atoms with E-state index in [1.54, 1.807) is 0 Å². The molecule has 3 heterocycles. The van der Waals surface area contributed by atoms with Gasteiger partial charge in [0.25, 0.3) is 0 Å². The van der Waals surface area contributed by atoms with Crippen LogP contribution in [0.3, 0.4) is 0 Å². The van der Waals surface area contributed by atoms with Crippen molar-refractivity contribution >= 4 is 11.7 Å². The molecule has 1 atom stereocenters. The number of hydrogen-bond donors (Lipinski definition) is 1. The lowest BCUT2D eigenvalue weighted by atomic mass is 9.93. The smallest absolute Gasteiger partial charge is 0.242 e. The third-order valence-electron chi connectivity index (χ3n) is 5.62. The van der Waals surface area contributed by atoms with Gasteiger partial charge in [-0.1, -0.05) is 0 Å². The summed E-state index contributed by atoms with van der Waals surface area (Å²) in [6.07, 6.45) is 6.24. The first kappa shape index (κ1) is 15.8. The number of hydrogen-bond acceptors (Lipinski definition) is 5. The van der Waals surface area contributed by atoms with E-state index < -0.39 is 5.54 Å². The molecule has 2 N–H and O–H groups in total. The molecule has 1 saturated carbocycles. The molecule has 0 bridgehead atoms. The minimum absolute atomic E-state index is 0.137. The summed E-state index contributed by atoms with van der Waals surface area (Å²) in [6.45, 7) is 5.71. The number of amides is 1. The lowest BCUT2D eigenvalue weighted by Gasteiger charge is -2.34. The number of nitrogens with two attached hydrogens (primary N) is 1. The Morgan fingerprint density at radius 2 is 1.96 bits per heavy atom. The molecule has 1 aromatic heterocycles. The van der Waals surface area contributed by atoms with Gasteiger partial charge < -0.3 is 15.5 Å². The Hall–Kier alpha value is -1.69. The van der Waals surface area contributed by atoms with Crippen LogP contribution in [-0.4, -0.2) is 52.5 Å². The zero-order valence-corrected chi connectivity index (χ0v) is 14.5. The quantitative estimate of drug-likeness (QED) is 0.911. The Kier molecular flexibility index (Phi) is 3.95. The molecule has 6 nitrogen and oxygen atoms in total. The van der Waals surface area contributed by atoms with E-state index >= 15 is 0 Å². The predicted molar refractivity (Wildman–Crippen MR) is 92.9 cm³/mol. The van der Waals surface area contributed by atoms with E-state index in [0.717, 1.165) is 69.2 Å². The van der Waals surface area contributed by atoms with Crippen LogP contribution in [0, 0.1) is 6.92 Å². The third kappa shape index (κ3) is 2.99. The fourth-order valence-electron chi connectivity index (χ4n) is 3.96. The number of likely N-dealkylation sites (tertiary alicyclic amines) is 1. The number of anilines is 1. The molecule has 1 aromatic rings. The Morgan fingerprint density at radius 3 is 2.67 bits per heavy atom. The first-order chi connectivity index (χ1) is 11.5. The first-order valence-electron chi connectivity index (χ1n) is 9.24. The monoisotopic (exact) mass is 329 g/mol. The number of piperidine rings is 1. The van der Waals surface area contributed by atoms with Gasteiger partial charge >= 0.3 is 0 Å². The van der Waals surface area contributed by atoms with Gasteiger partial charge in [0.1, 0.15) is 11.6 Å². The molecule has 1 amide bonds. The summed E-state index contributed by atoms with van der Waals surface area (Å²) >= 11 is 0. The van der Waals surface area contributed by atoms with Crippen molar-refractivity contribution in [3.63, 3.8) is 0 Å². The van der Waals surface area contributed by atoms with E-state index in [1.807, 2.05) is 11.8 Å². The maximum Gasteiger partial charge on any atom is 0.242 e. The summed E-state index contributed by atoms with van der Waals surface area (Å²) in [4.78, 5) is 26.2. The van der Waals surface area contributed by atoms with Gasteiger partial charge in [0.15, 0.2) is 0 Å². The van der Waals surface area contributed by atoms with Gasteiger partial charge in [0.05, 0.1) is 11.2 Å². The largest absolute Gasteiger partial charge is 0.357 e. The molecule has 0 spiro atoms. The maximum absolute atomic E-state index is 12.6. The van der Waals surface area contributed by atoms with Gasteiger partial charge in [-0.05, 0) is 45.4 Å². The van der Waals surface area contributed by atoms with Crippen LogP contribution >= 0.6 is 0 Å². The second kappa shape index (κ2) is 5.99. The lowest BCUT2D eigenvalue weighted by Crippen LogP contribution is -2.49. The standard InChI is InChI=1S/C18H27N5O/c1-13-20-15(11-16(21-13)22-8-2-3-9-22)14-5-4-10-23(12-14)17(24)18(19)6-7-18/h11,14H,2-10,12,19H2,1H3. The number of aryl methyl sites for hydroxylation is 1. The van der Waals surface area contributed by atoms with Gasteiger partial charge in [-0.3, -0.25) is 4.79 Å². The van der Waals surface area contributed by atoms with Gasteiger partial charge in [-0.2, -0.15) is 0 Å². The molecule has 24 heavy (non-hydrogen) atoms. The number of carbonyl (C=O) groups excluding carboxylic acids is 1. The first-order valence-corrected chi connectivity index (χ1v) is 9.24. The topological polar surface area (TPSA) is 75.3 Å². The fraction of sp³-hybridized carbons (Fsp3) is 0.722. The zero-order chi connectivity index (χ0) is 16.7. The molecule has 1 aliphatic carbocycles. The van der Waals surface area contributed by atoms with Crippen molar-refractivity contribution in [3.8, 4) is 0 Å². The SMILES string of the molecule is Cc1nc(C2CCCN(C(=O)C3(N)CC3)C2)cc(N2CCCC2)n1. The fourth-order valence-corrected chi connectivity index (χ4v) is 3.96. The van der Waals surface area contributed by atoms with E-state index in [0.29, 0.717) is 5.92 Å². The van der Waals surface area contributed by atoms with E-state index in [1.165, 1.54) is 12.8 Å². The Morgan fingerprint density at radius 1 is 1.21 bits per heavy atom. The Bertz CT molecular complexity index is 636. The minimum atomic E-state index is -0.565. The molecule has 3 aliphatic rings. The zero-order valence-electron chi connectivity index (χ0n) is 14.5. The average Bonchev–Trinajstić information content (AvgIpc) is 3.12. The van der Waals surface area contributed by atoms with E-state index in [9.17, 15) is 4.79 Å². The Balaban J connectivity index is 1.53. The molecule has 1 unspecified atom stereocenters. The van der Waals surface area contributed by atoms with Gasteiger partial charge in [-0.25, -0.2) is 9.97 Å². The third-order valence-corrected chi connectivity index (χ3v) is 5.62. The summed E-state index contributed by atoms with van der Waals surface area (Å²) in [7, 11) is 0. The number of aromatic nitrogens is 2. The number of rotatable bonds is 3. The van der Waals surface area contributed by atoms with E-state index in [2.05, 4.69) is 16.0 Å². The molecule has 2 saturated heterocycles. The summed E-state index contributed by atoms with van der Waals surface area (Å²) in [5.41, 5.74) is 6.63. The van der Waals surface area contributed by atoms with Gasteiger partial charge in [0, 0.05) is 38.2 Å². The van der Waals surface area contributed by atoms with Crippen LogP contribution in [0.5, 0.6) is 0 Å². The highest BCUT2D eigenvalue weighted by Crippen LogP contribution is 2.36. The highest BCUT2D eigenvalue weighted by atomic mass is 16.2. The lowest BCUT2D eigenvalue weighted by molar-refractivity contribution is -0.134. The highest BCUT2D eigenvalue weighted by Gasteiger charge is 2.48. The molecule has 3 fully saturated rings. The van der Waals surface area contributed by atoms with Crippen LogP contribution in [0.4, 0.5) is 5.82 Å². The van der Waals surface area contributed by atoms with Crippen molar-refractivity contribution in [1.29, 1.82) is 0 Å². The minimum Gasteiger partial charge on any atom is -0.357 e. The molecule has 0 aromatic carbocycles. The summed E-state index contributed by atoms with van der Waals surface area (Å²) in [6, 6.07) is 2.15. The average molecular weight is 329 g/mol. The summed E-state index contributed by atoms with van der Waals surface area (Å²) in [5, 5.41) is 0. The van der Waals surface area contributed by atoms with Crippen LogP contribution < -0.4 is 10.6 Å². The van der Waals surface area contributed by atoms with Gasteiger partial charge in [-0.15, -0.1) is 0 Å². The van der Waals surface area contributed by atoms with Crippen molar-refractivity contribution in [1.82, 2.24) is 14.9 Å². The molecular weight excluding hydrogens is 302 g/mol. The normalized spacial score (nSPS) is 25.8. The maximum atomic E-state index is 12.6. The second-order valence-corrected chi connectivity index (χ2v) is 7.64. The highest BCUT2D eigenvalue weighted by molar-refractivity contribution is 5.89. The Labute approximate surface area is 143 Å². The predicted octanol–water partition coefficient (Wildman–Crippen LogP) is 1.58. The number of nitrogens with zero attached hydrogens (tertiary/aromatic N) is 4. The molecule has 4 rings (SSSR count). The number of carbonyl (C=O) groups is 1. The second-order valence-electron chi connectivity index (χ2n) is 7.64. The van der Waals surface area contributed by atoms with Crippen LogP contribution in [0.15, 0.2) is 6.07 Å². The van der Waals surface area contributed by atoms with Crippen LogP contribution in [0.25, 0.3) is 0 Å². The molecule has 2 aliphatic heterocycles. The van der Waals surface area contributed by atoms with Gasteiger partial charge in [0.2, 0.25) is 5.91 Å². The summed E-state index contributed by atoms with van der Waals surface area (Å²) < 4.78 is 0. The van der Waals surface area contributed by atoms with Crippen LogP contribution in [0.1, 0.15) is 56.0 Å². The van der Waals surface area contributed by atoms with Crippen LogP contribution in [0.2, 0.25) is 0 Å². The van der Waals surface area contributed by atoms with Crippen molar-refractivity contribution in [2.24, 2.45) is 5.73 Å². The van der Waals surface area contributed by atoms with E-state index in [4.69, 9.17) is 10.7 Å². The molecule has 0 radical (unpaired) electrons. The molecular formula is C18H27N5O. The van der Waals surface area contributed by atoms with Crippen molar-refractivity contribution < 1.29 is 4.79 Å². The van der Waals surface area contributed by atoms with Crippen molar-refractivity contribution in [3.05, 3.63) is 17.6 Å². The van der Waals surface area contributed by atoms with Crippen LogP contribution in [-0.2, 0) is 4.79 Å². The van der Waals surface area contributed by atoms with E-state index in [-0.39, 0.29) is 5.91 Å². The molecule has 130 valence electrons. The molecule has 6 heteroatoms. The van der Waals surface area contributed by atoms with Crippen molar-refractivity contribution in [2.75, 3.05) is 31.1 Å². The summed E-state index contributed by atoms with van der Waals surface area (Å²) in [5.74, 6) is 2.32. The van der Waals surface area contributed by atoms with Crippen molar-refractivity contribution in [2.45, 2.75) is 56.9 Å².